The number of furan rings is 1. The van der Waals surface area contributed by atoms with Crippen LogP contribution in [0.4, 0.5) is 5.69 Å². The molecule has 0 aliphatic carbocycles. The summed E-state index contributed by atoms with van der Waals surface area (Å²) in [5, 5.41) is 14.4. The minimum Gasteiger partial charge on any atom is -0.493 e. The highest BCUT2D eigenvalue weighted by Gasteiger charge is 2.16. The Morgan fingerprint density at radius 2 is 2.04 bits per heavy atom. The second kappa shape index (κ2) is 7.77. The molecule has 140 valence electrons. The molecule has 1 amide bonds. The van der Waals surface area contributed by atoms with Crippen LogP contribution >= 0.6 is 0 Å². The minimum absolute atomic E-state index is 0.0995. The number of fused-ring (bicyclic) bond motifs is 1. The van der Waals surface area contributed by atoms with E-state index < -0.39 is 4.92 Å². The van der Waals surface area contributed by atoms with Gasteiger partial charge in [-0.3, -0.25) is 14.9 Å². The lowest BCUT2D eigenvalue weighted by atomic mass is 10.2. The van der Waals surface area contributed by atoms with Crippen LogP contribution in [-0.2, 0) is 4.79 Å². The number of rotatable bonds is 7. The molecule has 1 unspecified atom stereocenters. The molecule has 3 rings (SSSR count). The maximum atomic E-state index is 12.1. The van der Waals surface area contributed by atoms with Crippen molar-refractivity contribution in [3.63, 3.8) is 0 Å². The zero-order valence-corrected chi connectivity index (χ0v) is 14.8. The molecular weight excluding hydrogens is 352 g/mol. The van der Waals surface area contributed by atoms with Gasteiger partial charge in [-0.15, -0.1) is 0 Å². The second-order valence-corrected chi connectivity index (χ2v) is 5.86. The van der Waals surface area contributed by atoms with Crippen molar-refractivity contribution in [2.24, 2.45) is 0 Å². The number of methoxy groups -OCH3 is 1. The van der Waals surface area contributed by atoms with Crippen molar-refractivity contribution in [2.45, 2.75) is 13.0 Å². The first-order valence-electron chi connectivity index (χ1n) is 8.21. The Hall–Kier alpha value is -3.55. The van der Waals surface area contributed by atoms with Crippen LogP contribution < -0.4 is 14.8 Å². The van der Waals surface area contributed by atoms with Crippen molar-refractivity contribution in [1.29, 1.82) is 0 Å². The van der Waals surface area contributed by atoms with E-state index in [-0.39, 0.29) is 30.0 Å². The number of carbonyl (C=O) groups is 1. The van der Waals surface area contributed by atoms with Crippen LogP contribution in [0.5, 0.6) is 11.5 Å². The molecule has 1 N–H and O–H groups in total. The van der Waals surface area contributed by atoms with Gasteiger partial charge in [-0.1, -0.05) is 18.2 Å². The largest absolute Gasteiger partial charge is 0.493 e. The van der Waals surface area contributed by atoms with Crippen LogP contribution in [0.2, 0.25) is 0 Å². The second-order valence-electron chi connectivity index (χ2n) is 5.86. The molecule has 3 aromatic rings. The third-order valence-corrected chi connectivity index (χ3v) is 3.95. The highest BCUT2D eigenvalue weighted by molar-refractivity contribution is 5.84. The van der Waals surface area contributed by atoms with Gasteiger partial charge in [0.2, 0.25) is 0 Å². The van der Waals surface area contributed by atoms with E-state index in [0.29, 0.717) is 17.1 Å². The summed E-state index contributed by atoms with van der Waals surface area (Å²) in [6.45, 7) is 1.52. The number of nitro benzene ring substituents is 1. The number of nitrogens with one attached hydrogen (secondary N) is 1. The highest BCUT2D eigenvalue weighted by Crippen LogP contribution is 2.30. The molecule has 0 saturated carbocycles. The summed E-state index contributed by atoms with van der Waals surface area (Å²) in [7, 11) is 1.56. The molecule has 0 radical (unpaired) electrons. The molecule has 0 aliphatic heterocycles. The number of para-hydroxylation sites is 1. The van der Waals surface area contributed by atoms with Crippen molar-refractivity contribution in [3.05, 3.63) is 64.4 Å². The standard InChI is InChI=1S/C19H18N2O6/c1-12(17-9-13-5-3-8-16(25-2)19(13)27-17)20-18(22)11-26-15-7-4-6-14(10-15)21(23)24/h3-10,12H,11H2,1-2H3,(H,20,22). The molecule has 1 atom stereocenters. The van der Waals surface area contributed by atoms with Crippen molar-refractivity contribution < 1.29 is 23.6 Å². The Morgan fingerprint density at radius 1 is 1.26 bits per heavy atom. The predicted octanol–water partition coefficient (Wildman–Crippen LogP) is 3.61. The summed E-state index contributed by atoms with van der Waals surface area (Å²) in [5.74, 6) is 1.08. The van der Waals surface area contributed by atoms with Gasteiger partial charge in [0.05, 0.1) is 24.1 Å². The highest BCUT2D eigenvalue weighted by atomic mass is 16.6. The number of carbonyl (C=O) groups excluding carboxylic acids is 1. The van der Waals surface area contributed by atoms with Crippen molar-refractivity contribution >= 4 is 22.6 Å². The quantitative estimate of drug-likeness (QED) is 0.503. The fourth-order valence-electron chi connectivity index (χ4n) is 2.62. The Balaban J connectivity index is 1.62. The van der Waals surface area contributed by atoms with Gasteiger partial charge < -0.3 is 19.2 Å². The number of hydrogen-bond donors (Lipinski definition) is 1. The van der Waals surface area contributed by atoms with Crippen molar-refractivity contribution in [2.75, 3.05) is 13.7 Å². The van der Waals surface area contributed by atoms with Crippen molar-refractivity contribution in [1.82, 2.24) is 5.32 Å². The average Bonchev–Trinajstić information content (AvgIpc) is 3.11. The fraction of sp³-hybridized carbons (Fsp3) is 0.211. The van der Waals surface area contributed by atoms with E-state index in [9.17, 15) is 14.9 Å². The molecule has 2 aromatic carbocycles. The van der Waals surface area contributed by atoms with Crippen LogP contribution in [-0.4, -0.2) is 24.5 Å². The van der Waals surface area contributed by atoms with Gasteiger partial charge in [0.1, 0.15) is 11.5 Å². The number of ether oxygens (including phenoxy) is 2. The van der Waals surface area contributed by atoms with E-state index in [1.54, 1.807) is 26.2 Å². The SMILES string of the molecule is COc1cccc2cc(C(C)NC(=O)COc3cccc([N+](=O)[O-])c3)oc12. The van der Waals surface area contributed by atoms with E-state index in [0.717, 1.165) is 5.39 Å². The van der Waals surface area contributed by atoms with Crippen LogP contribution in [0.3, 0.4) is 0 Å². The fourth-order valence-corrected chi connectivity index (χ4v) is 2.62. The molecule has 27 heavy (non-hydrogen) atoms. The lowest BCUT2D eigenvalue weighted by Gasteiger charge is -2.12. The first kappa shape index (κ1) is 18.2. The average molecular weight is 370 g/mol. The van der Waals surface area contributed by atoms with Crippen LogP contribution in [0.1, 0.15) is 18.7 Å². The van der Waals surface area contributed by atoms with Gasteiger partial charge >= 0.3 is 0 Å². The molecule has 8 nitrogen and oxygen atoms in total. The monoisotopic (exact) mass is 370 g/mol. The number of nitro groups is 1. The number of hydrogen-bond acceptors (Lipinski definition) is 6. The van der Waals surface area contributed by atoms with E-state index in [1.165, 1.54) is 18.2 Å². The Bertz CT molecular complexity index is 981. The molecule has 1 aromatic heterocycles. The summed E-state index contributed by atoms with van der Waals surface area (Å²) in [4.78, 5) is 22.4. The minimum atomic E-state index is -0.523. The summed E-state index contributed by atoms with van der Waals surface area (Å²) in [6.07, 6.45) is 0. The van der Waals surface area contributed by atoms with Gasteiger partial charge in [-0.05, 0) is 25.1 Å². The van der Waals surface area contributed by atoms with Crippen LogP contribution in [0.15, 0.2) is 52.9 Å². The van der Waals surface area contributed by atoms with Gasteiger partial charge in [0, 0.05) is 11.5 Å². The molecule has 0 bridgehead atoms. The summed E-state index contributed by atoms with van der Waals surface area (Å²) >= 11 is 0. The first-order valence-corrected chi connectivity index (χ1v) is 8.21. The third kappa shape index (κ3) is 4.17. The van der Waals surface area contributed by atoms with Gasteiger partial charge in [0.25, 0.3) is 11.6 Å². The van der Waals surface area contributed by atoms with Gasteiger partial charge in [0.15, 0.2) is 17.9 Å². The lowest BCUT2D eigenvalue weighted by Crippen LogP contribution is -2.31. The lowest BCUT2D eigenvalue weighted by molar-refractivity contribution is -0.384. The molecule has 0 aliphatic rings. The Morgan fingerprint density at radius 3 is 2.78 bits per heavy atom. The third-order valence-electron chi connectivity index (χ3n) is 3.95. The topological polar surface area (TPSA) is 104 Å². The first-order chi connectivity index (χ1) is 13.0. The van der Waals surface area contributed by atoms with E-state index in [1.807, 2.05) is 18.2 Å². The molecule has 1 heterocycles. The Kier molecular flexibility index (Phi) is 5.25. The summed E-state index contributed by atoms with van der Waals surface area (Å²) in [5.41, 5.74) is 0.515. The van der Waals surface area contributed by atoms with Crippen LogP contribution in [0.25, 0.3) is 11.0 Å². The molecular formula is C19H18N2O6. The van der Waals surface area contributed by atoms with Crippen LogP contribution in [0, 0.1) is 10.1 Å². The Labute approximate surface area is 154 Å². The molecule has 0 spiro atoms. The van der Waals surface area contributed by atoms with Gasteiger partial charge in [-0.2, -0.15) is 0 Å². The van der Waals surface area contributed by atoms with Gasteiger partial charge in [-0.25, -0.2) is 0 Å². The van der Waals surface area contributed by atoms with E-state index in [2.05, 4.69) is 5.32 Å². The summed E-state index contributed by atoms with van der Waals surface area (Å²) in [6, 6.07) is 12.7. The zero-order valence-electron chi connectivity index (χ0n) is 14.8. The maximum Gasteiger partial charge on any atom is 0.273 e. The summed E-state index contributed by atoms with van der Waals surface area (Å²) < 4.78 is 16.4. The molecule has 0 saturated heterocycles. The smallest absolute Gasteiger partial charge is 0.273 e. The van der Waals surface area contributed by atoms with E-state index in [4.69, 9.17) is 13.9 Å². The van der Waals surface area contributed by atoms with E-state index >= 15 is 0 Å². The number of nitrogens with zero attached hydrogens (tertiary/aromatic N) is 1. The number of amides is 1. The predicted molar refractivity (Wildman–Crippen MR) is 97.9 cm³/mol. The normalized spacial score (nSPS) is 11.8. The molecule has 8 heteroatoms. The maximum absolute atomic E-state index is 12.1. The zero-order chi connectivity index (χ0) is 19.4. The molecule has 0 fully saturated rings. The number of benzene rings is 2. The van der Waals surface area contributed by atoms with Crippen molar-refractivity contribution in [3.8, 4) is 11.5 Å². The number of non-ortho nitro benzene ring substituents is 1.